The standard InChI is InChI=1S/C19H24N4O2/c1-2-25-16-9-7-14(8-10-16)19(24)22-11-3-5-15(13-22)18-21-20-17-6-4-12-23(17)18/h7-10,15H,2-6,11-13H2,1H3. The number of piperidine rings is 1. The smallest absolute Gasteiger partial charge is 0.253 e. The van der Waals surface area contributed by atoms with Crippen LogP contribution in [-0.2, 0) is 13.0 Å². The van der Waals surface area contributed by atoms with Crippen LogP contribution in [0.4, 0.5) is 0 Å². The molecule has 6 heteroatoms. The molecule has 2 aliphatic rings. The van der Waals surface area contributed by atoms with Gasteiger partial charge in [-0.3, -0.25) is 4.79 Å². The first-order valence-electron chi connectivity index (χ1n) is 9.20. The highest BCUT2D eigenvalue weighted by Gasteiger charge is 2.30. The summed E-state index contributed by atoms with van der Waals surface area (Å²) < 4.78 is 7.71. The third-order valence-electron chi connectivity index (χ3n) is 5.12. The number of amides is 1. The van der Waals surface area contributed by atoms with E-state index in [0.29, 0.717) is 12.5 Å². The molecule has 4 rings (SSSR count). The zero-order chi connectivity index (χ0) is 17.2. The number of aromatic nitrogens is 3. The molecule has 0 radical (unpaired) electrons. The van der Waals surface area contributed by atoms with Crippen LogP contribution in [0.5, 0.6) is 5.75 Å². The number of carbonyl (C=O) groups is 1. The predicted octanol–water partition coefficient (Wildman–Crippen LogP) is 2.64. The Balaban J connectivity index is 1.47. The molecule has 132 valence electrons. The summed E-state index contributed by atoms with van der Waals surface area (Å²) in [5.74, 6) is 3.35. The zero-order valence-electron chi connectivity index (χ0n) is 14.6. The first-order chi connectivity index (χ1) is 12.3. The largest absolute Gasteiger partial charge is 0.494 e. The van der Waals surface area contributed by atoms with Gasteiger partial charge in [-0.05, 0) is 50.5 Å². The van der Waals surface area contributed by atoms with Crippen molar-refractivity contribution >= 4 is 5.91 Å². The summed E-state index contributed by atoms with van der Waals surface area (Å²) in [6, 6.07) is 7.44. The number of hydrogen-bond acceptors (Lipinski definition) is 4. The van der Waals surface area contributed by atoms with Crippen LogP contribution in [0.2, 0.25) is 0 Å². The second-order valence-electron chi connectivity index (χ2n) is 6.78. The average molecular weight is 340 g/mol. The quantitative estimate of drug-likeness (QED) is 0.858. The maximum absolute atomic E-state index is 12.9. The van der Waals surface area contributed by atoms with Crippen molar-refractivity contribution < 1.29 is 9.53 Å². The monoisotopic (exact) mass is 340 g/mol. The number of rotatable bonds is 4. The lowest BCUT2D eigenvalue weighted by molar-refractivity contribution is 0.0703. The molecule has 1 fully saturated rings. The van der Waals surface area contributed by atoms with Crippen LogP contribution >= 0.6 is 0 Å². The van der Waals surface area contributed by atoms with Gasteiger partial charge in [0.25, 0.3) is 5.91 Å². The molecule has 1 unspecified atom stereocenters. The molecule has 2 aromatic rings. The summed E-state index contributed by atoms with van der Waals surface area (Å²) in [6.07, 6.45) is 4.26. The number of fused-ring (bicyclic) bond motifs is 1. The van der Waals surface area contributed by atoms with E-state index >= 15 is 0 Å². The topological polar surface area (TPSA) is 60.2 Å². The fourth-order valence-corrected chi connectivity index (χ4v) is 3.89. The van der Waals surface area contributed by atoms with Gasteiger partial charge in [-0.25, -0.2) is 0 Å². The van der Waals surface area contributed by atoms with Gasteiger partial charge in [-0.2, -0.15) is 0 Å². The van der Waals surface area contributed by atoms with E-state index in [1.54, 1.807) is 0 Å². The molecule has 0 bridgehead atoms. The number of ether oxygens (including phenoxy) is 1. The Bertz CT molecular complexity index is 753. The molecule has 1 saturated heterocycles. The maximum atomic E-state index is 12.9. The molecule has 25 heavy (non-hydrogen) atoms. The lowest BCUT2D eigenvalue weighted by Crippen LogP contribution is -2.39. The van der Waals surface area contributed by atoms with Crippen molar-refractivity contribution in [2.75, 3.05) is 19.7 Å². The molecule has 0 aliphatic carbocycles. The Labute approximate surface area is 147 Å². The van der Waals surface area contributed by atoms with E-state index in [2.05, 4.69) is 14.8 Å². The van der Waals surface area contributed by atoms with E-state index < -0.39 is 0 Å². The number of benzene rings is 1. The van der Waals surface area contributed by atoms with Gasteiger partial charge in [0.05, 0.1) is 6.61 Å². The minimum absolute atomic E-state index is 0.0916. The van der Waals surface area contributed by atoms with Crippen molar-refractivity contribution in [1.29, 1.82) is 0 Å². The van der Waals surface area contributed by atoms with Crippen molar-refractivity contribution in [3.8, 4) is 5.75 Å². The first-order valence-corrected chi connectivity index (χ1v) is 9.20. The fourth-order valence-electron chi connectivity index (χ4n) is 3.89. The van der Waals surface area contributed by atoms with Crippen molar-refractivity contribution in [2.24, 2.45) is 0 Å². The Morgan fingerprint density at radius 3 is 2.84 bits per heavy atom. The van der Waals surface area contributed by atoms with E-state index in [-0.39, 0.29) is 5.91 Å². The average Bonchev–Trinajstić information content (AvgIpc) is 3.26. The second-order valence-corrected chi connectivity index (χ2v) is 6.78. The summed E-state index contributed by atoms with van der Waals surface area (Å²) in [4.78, 5) is 14.8. The summed E-state index contributed by atoms with van der Waals surface area (Å²) in [6.45, 7) is 5.13. The van der Waals surface area contributed by atoms with Crippen LogP contribution in [-0.4, -0.2) is 45.3 Å². The number of aryl methyl sites for hydroxylation is 1. The van der Waals surface area contributed by atoms with Gasteiger partial charge in [0.2, 0.25) is 0 Å². The number of carbonyl (C=O) groups excluding carboxylic acids is 1. The predicted molar refractivity (Wildman–Crippen MR) is 93.8 cm³/mol. The van der Waals surface area contributed by atoms with Gasteiger partial charge in [0, 0.05) is 37.5 Å². The molecule has 0 N–H and O–H groups in total. The van der Waals surface area contributed by atoms with Gasteiger partial charge in [0.15, 0.2) is 0 Å². The Morgan fingerprint density at radius 1 is 1.20 bits per heavy atom. The summed E-state index contributed by atoms with van der Waals surface area (Å²) in [5, 5.41) is 8.74. The van der Waals surface area contributed by atoms with E-state index in [1.165, 1.54) is 0 Å². The molecule has 3 heterocycles. The summed E-state index contributed by atoms with van der Waals surface area (Å²) in [5.41, 5.74) is 0.718. The Kier molecular flexibility index (Phi) is 4.42. The molecular weight excluding hydrogens is 316 g/mol. The van der Waals surface area contributed by atoms with Crippen molar-refractivity contribution in [3.63, 3.8) is 0 Å². The molecule has 1 aromatic heterocycles. The number of likely N-dealkylation sites (tertiary alicyclic amines) is 1. The number of hydrogen-bond donors (Lipinski definition) is 0. The molecule has 2 aliphatic heterocycles. The second kappa shape index (κ2) is 6.86. The molecule has 6 nitrogen and oxygen atoms in total. The highest BCUT2D eigenvalue weighted by atomic mass is 16.5. The number of nitrogens with zero attached hydrogens (tertiary/aromatic N) is 4. The first kappa shape index (κ1) is 16.1. The third kappa shape index (κ3) is 3.13. The van der Waals surface area contributed by atoms with Gasteiger partial charge in [-0.15, -0.1) is 10.2 Å². The molecule has 0 saturated carbocycles. The highest BCUT2D eigenvalue weighted by Crippen LogP contribution is 2.29. The Hall–Kier alpha value is -2.37. The third-order valence-corrected chi connectivity index (χ3v) is 5.12. The SMILES string of the molecule is CCOc1ccc(C(=O)N2CCCC(c3nnc4n3CCC4)C2)cc1. The fraction of sp³-hybridized carbons (Fsp3) is 0.526. The molecule has 0 spiro atoms. The summed E-state index contributed by atoms with van der Waals surface area (Å²) in [7, 11) is 0. The van der Waals surface area contributed by atoms with E-state index in [4.69, 9.17) is 4.74 Å². The zero-order valence-corrected chi connectivity index (χ0v) is 14.6. The lowest BCUT2D eigenvalue weighted by atomic mass is 9.96. The maximum Gasteiger partial charge on any atom is 0.253 e. The normalized spacial score (nSPS) is 19.7. The van der Waals surface area contributed by atoms with Crippen LogP contribution in [0, 0.1) is 0 Å². The van der Waals surface area contributed by atoms with Crippen LogP contribution in [0.1, 0.15) is 54.1 Å². The van der Waals surface area contributed by atoms with Crippen LogP contribution in [0.3, 0.4) is 0 Å². The van der Waals surface area contributed by atoms with Crippen molar-refractivity contribution in [2.45, 2.75) is 45.1 Å². The molecule has 1 amide bonds. The van der Waals surface area contributed by atoms with Crippen LogP contribution in [0.15, 0.2) is 24.3 Å². The van der Waals surface area contributed by atoms with Gasteiger partial charge in [0.1, 0.15) is 17.4 Å². The summed E-state index contributed by atoms with van der Waals surface area (Å²) >= 11 is 0. The van der Waals surface area contributed by atoms with E-state index in [9.17, 15) is 4.79 Å². The van der Waals surface area contributed by atoms with E-state index in [1.807, 2.05) is 36.1 Å². The van der Waals surface area contributed by atoms with Crippen LogP contribution in [0.25, 0.3) is 0 Å². The van der Waals surface area contributed by atoms with Crippen LogP contribution < -0.4 is 4.74 Å². The van der Waals surface area contributed by atoms with Gasteiger partial charge < -0.3 is 14.2 Å². The van der Waals surface area contributed by atoms with E-state index in [0.717, 1.165) is 68.3 Å². The molecule has 1 aromatic carbocycles. The van der Waals surface area contributed by atoms with Crippen molar-refractivity contribution in [3.05, 3.63) is 41.5 Å². The molecule has 1 atom stereocenters. The van der Waals surface area contributed by atoms with Gasteiger partial charge in [-0.1, -0.05) is 0 Å². The van der Waals surface area contributed by atoms with Gasteiger partial charge >= 0.3 is 0 Å². The molecular formula is C19H24N4O2. The Morgan fingerprint density at radius 2 is 2.04 bits per heavy atom. The lowest BCUT2D eigenvalue weighted by Gasteiger charge is -2.32. The minimum atomic E-state index is 0.0916. The minimum Gasteiger partial charge on any atom is -0.494 e. The highest BCUT2D eigenvalue weighted by molar-refractivity contribution is 5.94. The van der Waals surface area contributed by atoms with Crippen molar-refractivity contribution in [1.82, 2.24) is 19.7 Å².